The van der Waals surface area contributed by atoms with Crippen molar-refractivity contribution in [3.05, 3.63) is 0 Å². The first-order valence-corrected chi connectivity index (χ1v) is 8.49. The third kappa shape index (κ3) is 5.57. The lowest BCUT2D eigenvalue weighted by Crippen LogP contribution is -2.58. The summed E-state index contributed by atoms with van der Waals surface area (Å²) in [7, 11) is 0. The minimum atomic E-state index is -0.548. The average Bonchev–Trinajstić information content (AvgIpc) is 2.48. The summed E-state index contributed by atoms with van der Waals surface area (Å²) in [5.74, 6) is -0.686. The Kier molecular flexibility index (Phi) is 6.64. The van der Waals surface area contributed by atoms with Crippen LogP contribution in [0, 0.1) is 0 Å². The molecule has 0 aromatic heterocycles. The molecule has 1 saturated heterocycles. The molecule has 2 rings (SSSR count). The highest BCUT2D eigenvalue weighted by Gasteiger charge is 2.35. The van der Waals surface area contributed by atoms with Gasteiger partial charge in [0, 0.05) is 6.54 Å². The molecule has 0 aromatic carbocycles. The maximum Gasteiger partial charge on any atom is 0.246 e. The fraction of sp³-hybridized carbons (Fsp3) is 0.875. The van der Waals surface area contributed by atoms with Gasteiger partial charge in [0.15, 0.2) is 0 Å². The van der Waals surface area contributed by atoms with Gasteiger partial charge in [0.2, 0.25) is 11.8 Å². The number of nitrogens with zero attached hydrogens (tertiary/aromatic N) is 1. The maximum absolute atomic E-state index is 12.1. The van der Waals surface area contributed by atoms with E-state index in [9.17, 15) is 9.59 Å². The molecule has 1 aliphatic heterocycles. The van der Waals surface area contributed by atoms with Crippen LogP contribution in [0.5, 0.6) is 0 Å². The van der Waals surface area contributed by atoms with Crippen molar-refractivity contribution in [1.29, 1.82) is 0 Å². The first-order chi connectivity index (χ1) is 10.6. The Hall–Kier alpha value is -1.14. The van der Waals surface area contributed by atoms with Crippen LogP contribution in [0.1, 0.15) is 51.4 Å². The van der Waals surface area contributed by atoms with Crippen LogP contribution < -0.4 is 11.1 Å². The lowest BCUT2D eigenvalue weighted by atomic mass is 9.80. The van der Waals surface area contributed by atoms with Crippen molar-refractivity contribution in [2.24, 2.45) is 5.73 Å². The minimum Gasteiger partial charge on any atom is -0.368 e. The summed E-state index contributed by atoms with van der Waals surface area (Å²) in [5, 5.41) is 3.20. The third-order valence-electron chi connectivity index (χ3n) is 4.67. The lowest BCUT2D eigenvalue weighted by molar-refractivity contribution is -0.131. The predicted octanol–water partition coefficient (Wildman–Crippen LogP) is 0.793. The van der Waals surface area contributed by atoms with E-state index in [4.69, 9.17) is 10.5 Å². The van der Waals surface area contributed by atoms with Crippen LogP contribution in [0.3, 0.4) is 0 Å². The zero-order valence-corrected chi connectivity index (χ0v) is 13.4. The Morgan fingerprint density at radius 2 is 1.64 bits per heavy atom. The highest BCUT2D eigenvalue weighted by atomic mass is 16.5. The van der Waals surface area contributed by atoms with E-state index in [0.29, 0.717) is 0 Å². The van der Waals surface area contributed by atoms with Gasteiger partial charge in [-0.2, -0.15) is 0 Å². The van der Waals surface area contributed by atoms with Crippen LogP contribution in [0.25, 0.3) is 0 Å². The topological polar surface area (TPSA) is 84.7 Å². The number of nitrogens with two attached hydrogens (primary N) is 1. The molecule has 22 heavy (non-hydrogen) atoms. The molecule has 3 N–H and O–H groups in total. The molecule has 1 aliphatic carbocycles. The van der Waals surface area contributed by atoms with E-state index in [1.165, 1.54) is 25.7 Å². The van der Waals surface area contributed by atoms with E-state index in [0.717, 1.165) is 45.3 Å². The van der Waals surface area contributed by atoms with Gasteiger partial charge >= 0.3 is 0 Å². The van der Waals surface area contributed by atoms with Gasteiger partial charge in [-0.15, -0.1) is 0 Å². The fourth-order valence-corrected chi connectivity index (χ4v) is 3.67. The Morgan fingerprint density at radius 1 is 1.00 bits per heavy atom. The van der Waals surface area contributed by atoms with E-state index in [1.807, 2.05) is 0 Å². The summed E-state index contributed by atoms with van der Waals surface area (Å²) >= 11 is 0. The molecule has 2 fully saturated rings. The number of amides is 2. The van der Waals surface area contributed by atoms with Crippen molar-refractivity contribution in [1.82, 2.24) is 10.2 Å². The predicted molar refractivity (Wildman–Crippen MR) is 84.3 cm³/mol. The number of primary amides is 1. The molecule has 0 bridgehead atoms. The summed E-state index contributed by atoms with van der Waals surface area (Å²) in [5.41, 5.74) is 4.89. The van der Waals surface area contributed by atoms with Crippen molar-refractivity contribution in [3.8, 4) is 0 Å². The Morgan fingerprint density at radius 3 is 2.27 bits per heavy atom. The summed E-state index contributed by atoms with van der Waals surface area (Å²) < 4.78 is 5.03. The average molecular weight is 311 g/mol. The molecule has 2 amide bonds. The van der Waals surface area contributed by atoms with Gasteiger partial charge in [0.05, 0.1) is 5.54 Å². The standard InChI is InChI=1S/C16H29N3O3/c17-14(20)11-22-12-15(21)18-16(7-3-1-4-8-16)13-19-9-5-2-6-10-19/h1-13H2,(H2,17,20)(H,18,21). The number of carbonyl (C=O) groups is 2. The largest absolute Gasteiger partial charge is 0.368 e. The summed E-state index contributed by atoms with van der Waals surface area (Å²) in [6, 6.07) is 0. The van der Waals surface area contributed by atoms with Gasteiger partial charge in [0.25, 0.3) is 0 Å². The second kappa shape index (κ2) is 8.48. The first-order valence-electron chi connectivity index (χ1n) is 8.49. The molecular weight excluding hydrogens is 282 g/mol. The van der Waals surface area contributed by atoms with Crippen LogP contribution in [0.15, 0.2) is 0 Å². The SMILES string of the molecule is NC(=O)COCC(=O)NC1(CN2CCCCC2)CCCCC1. The quantitative estimate of drug-likeness (QED) is 0.728. The van der Waals surface area contributed by atoms with Gasteiger partial charge in [-0.25, -0.2) is 0 Å². The van der Waals surface area contributed by atoms with E-state index < -0.39 is 5.91 Å². The molecule has 0 spiro atoms. The van der Waals surface area contributed by atoms with E-state index in [2.05, 4.69) is 10.2 Å². The monoisotopic (exact) mass is 311 g/mol. The van der Waals surface area contributed by atoms with Gasteiger partial charge in [-0.3, -0.25) is 9.59 Å². The fourth-order valence-electron chi connectivity index (χ4n) is 3.67. The van der Waals surface area contributed by atoms with Crippen molar-refractivity contribution >= 4 is 11.8 Å². The van der Waals surface area contributed by atoms with Crippen molar-refractivity contribution < 1.29 is 14.3 Å². The Bertz CT molecular complexity index is 375. The molecule has 126 valence electrons. The number of likely N-dealkylation sites (tertiary alicyclic amines) is 1. The third-order valence-corrected chi connectivity index (χ3v) is 4.67. The van der Waals surface area contributed by atoms with Gasteiger partial charge < -0.3 is 20.7 Å². The number of carbonyl (C=O) groups excluding carboxylic acids is 2. The molecule has 6 heteroatoms. The summed E-state index contributed by atoms with van der Waals surface area (Å²) in [6.07, 6.45) is 9.47. The second-order valence-electron chi connectivity index (χ2n) is 6.69. The van der Waals surface area contributed by atoms with E-state index in [-0.39, 0.29) is 24.7 Å². The number of nitrogens with one attached hydrogen (secondary N) is 1. The van der Waals surface area contributed by atoms with Crippen molar-refractivity contribution in [2.75, 3.05) is 32.8 Å². The van der Waals surface area contributed by atoms with Gasteiger partial charge in [0.1, 0.15) is 13.2 Å². The molecule has 1 saturated carbocycles. The van der Waals surface area contributed by atoms with Crippen molar-refractivity contribution in [2.45, 2.75) is 56.9 Å². The maximum atomic E-state index is 12.1. The normalized spacial score (nSPS) is 22.2. The highest BCUT2D eigenvalue weighted by molar-refractivity contribution is 5.79. The number of piperidine rings is 1. The molecule has 0 aromatic rings. The number of rotatable bonds is 7. The molecule has 0 radical (unpaired) electrons. The molecule has 1 heterocycles. The van der Waals surface area contributed by atoms with Crippen LogP contribution in [0.4, 0.5) is 0 Å². The minimum absolute atomic E-state index is 0.0926. The van der Waals surface area contributed by atoms with Gasteiger partial charge in [-0.1, -0.05) is 25.7 Å². The molecule has 2 aliphatic rings. The zero-order valence-electron chi connectivity index (χ0n) is 13.4. The van der Waals surface area contributed by atoms with Crippen molar-refractivity contribution in [3.63, 3.8) is 0 Å². The number of hydrogen-bond donors (Lipinski definition) is 2. The molecule has 0 unspecified atom stereocenters. The molecule has 0 atom stereocenters. The highest BCUT2D eigenvalue weighted by Crippen LogP contribution is 2.30. The molecular formula is C16H29N3O3. The van der Waals surface area contributed by atoms with E-state index in [1.54, 1.807) is 0 Å². The van der Waals surface area contributed by atoms with Crippen LogP contribution in [0.2, 0.25) is 0 Å². The van der Waals surface area contributed by atoms with E-state index >= 15 is 0 Å². The first kappa shape index (κ1) is 17.2. The van der Waals surface area contributed by atoms with Crippen LogP contribution >= 0.6 is 0 Å². The zero-order chi connectivity index (χ0) is 15.8. The molecule has 6 nitrogen and oxygen atoms in total. The van der Waals surface area contributed by atoms with Crippen LogP contribution in [-0.4, -0.2) is 55.1 Å². The lowest BCUT2D eigenvalue weighted by Gasteiger charge is -2.42. The number of hydrogen-bond acceptors (Lipinski definition) is 4. The summed E-state index contributed by atoms with van der Waals surface area (Å²) in [4.78, 5) is 25.3. The summed E-state index contributed by atoms with van der Waals surface area (Å²) in [6.45, 7) is 2.91. The van der Waals surface area contributed by atoms with Gasteiger partial charge in [-0.05, 0) is 38.8 Å². The van der Waals surface area contributed by atoms with Crippen LogP contribution in [-0.2, 0) is 14.3 Å². The Labute approximate surface area is 132 Å². The Balaban J connectivity index is 1.86. The number of ether oxygens (including phenoxy) is 1. The smallest absolute Gasteiger partial charge is 0.246 e. The second-order valence-corrected chi connectivity index (χ2v) is 6.69.